The largest absolute Gasteiger partial charge is 0.462 e. The average molecular weight is 451 g/mol. The summed E-state index contributed by atoms with van der Waals surface area (Å²) in [5.41, 5.74) is 4.25. The molecule has 1 saturated heterocycles. The van der Waals surface area contributed by atoms with Crippen molar-refractivity contribution in [2.75, 3.05) is 19.8 Å². The maximum absolute atomic E-state index is 12.0. The van der Waals surface area contributed by atoms with Crippen molar-refractivity contribution in [2.45, 2.75) is 76.9 Å². The predicted molar refractivity (Wildman–Crippen MR) is 130 cm³/mol. The molecule has 2 aliphatic rings. The molecule has 2 aromatic rings. The van der Waals surface area contributed by atoms with Crippen molar-refractivity contribution in [3.63, 3.8) is 0 Å². The summed E-state index contributed by atoms with van der Waals surface area (Å²) in [7, 11) is 0. The number of carbonyl (C=O) groups is 1. The molecule has 4 heteroatoms. The second kappa shape index (κ2) is 11.8. The summed E-state index contributed by atoms with van der Waals surface area (Å²) in [5.74, 6) is 1.63. The van der Waals surface area contributed by atoms with Gasteiger partial charge >= 0.3 is 5.97 Å². The van der Waals surface area contributed by atoms with E-state index in [1.807, 2.05) is 19.1 Å². The standard InChI is InChI=1S/C29H38O4/c1-3-5-21-6-8-22(9-7-21)23-10-12-24(13-11-23)27-19-32-29(33-20-27)26-16-14-25(15-17-26)28(30)31-18-4-2/h10-17,21-22,27,29H,3-9,18-20H2,1-2H3. The Bertz CT molecular complexity index is 857. The Labute approximate surface area is 198 Å². The SMILES string of the molecule is CCCOC(=O)c1ccc(C2OCC(c3ccc(C4CCC(CCC)CC4)cc3)CO2)cc1. The van der Waals surface area contributed by atoms with Crippen LogP contribution in [-0.2, 0) is 14.2 Å². The molecule has 0 radical (unpaired) electrons. The van der Waals surface area contributed by atoms with Gasteiger partial charge in [0.2, 0.25) is 0 Å². The van der Waals surface area contributed by atoms with Crippen LogP contribution < -0.4 is 0 Å². The van der Waals surface area contributed by atoms with Crippen LogP contribution in [0.2, 0.25) is 0 Å². The minimum Gasteiger partial charge on any atom is -0.462 e. The van der Waals surface area contributed by atoms with Crippen LogP contribution in [0.4, 0.5) is 0 Å². The number of hydrogen-bond donors (Lipinski definition) is 0. The molecule has 4 rings (SSSR count). The molecular weight excluding hydrogens is 412 g/mol. The number of hydrogen-bond acceptors (Lipinski definition) is 4. The van der Waals surface area contributed by atoms with Crippen LogP contribution in [0, 0.1) is 5.92 Å². The van der Waals surface area contributed by atoms with E-state index in [0.29, 0.717) is 25.4 Å². The molecule has 1 heterocycles. The molecule has 1 saturated carbocycles. The van der Waals surface area contributed by atoms with E-state index in [9.17, 15) is 4.79 Å². The highest BCUT2D eigenvalue weighted by molar-refractivity contribution is 5.89. The zero-order chi connectivity index (χ0) is 23.0. The maximum Gasteiger partial charge on any atom is 0.338 e. The highest BCUT2D eigenvalue weighted by atomic mass is 16.7. The lowest BCUT2D eigenvalue weighted by Gasteiger charge is -2.31. The first-order valence-corrected chi connectivity index (χ1v) is 12.8. The molecule has 0 aromatic heterocycles. The summed E-state index contributed by atoms with van der Waals surface area (Å²) in [6.07, 6.45) is 8.56. The zero-order valence-electron chi connectivity index (χ0n) is 20.1. The first kappa shape index (κ1) is 24.0. The summed E-state index contributed by atoms with van der Waals surface area (Å²) < 4.78 is 17.3. The number of esters is 1. The van der Waals surface area contributed by atoms with E-state index in [-0.39, 0.29) is 18.2 Å². The lowest BCUT2D eigenvalue weighted by atomic mass is 9.77. The number of benzene rings is 2. The minimum absolute atomic E-state index is 0.249. The van der Waals surface area contributed by atoms with E-state index in [2.05, 4.69) is 31.2 Å². The van der Waals surface area contributed by atoms with Crippen molar-refractivity contribution in [3.8, 4) is 0 Å². The molecule has 0 N–H and O–H groups in total. The number of carbonyl (C=O) groups excluding carboxylic acids is 1. The first-order chi connectivity index (χ1) is 16.2. The van der Waals surface area contributed by atoms with Gasteiger partial charge in [0.25, 0.3) is 0 Å². The third kappa shape index (κ3) is 6.24. The van der Waals surface area contributed by atoms with Crippen LogP contribution >= 0.6 is 0 Å². The normalized spacial score (nSPS) is 25.5. The lowest BCUT2D eigenvalue weighted by Crippen LogP contribution is -2.25. The van der Waals surface area contributed by atoms with Crippen molar-refractivity contribution in [3.05, 3.63) is 70.8 Å². The number of rotatable bonds is 8. The quantitative estimate of drug-likeness (QED) is 0.400. The average Bonchev–Trinajstić information content (AvgIpc) is 2.88. The van der Waals surface area contributed by atoms with E-state index in [0.717, 1.165) is 23.8 Å². The van der Waals surface area contributed by atoms with Gasteiger partial charge in [-0.25, -0.2) is 4.79 Å². The Balaban J connectivity index is 1.27. The van der Waals surface area contributed by atoms with Gasteiger partial charge in [0.15, 0.2) is 6.29 Å². The van der Waals surface area contributed by atoms with E-state index in [1.165, 1.54) is 49.7 Å². The fraction of sp³-hybridized carbons (Fsp3) is 0.552. The van der Waals surface area contributed by atoms with E-state index in [1.54, 1.807) is 12.1 Å². The Kier molecular flexibility index (Phi) is 8.57. The van der Waals surface area contributed by atoms with E-state index < -0.39 is 0 Å². The second-order valence-corrected chi connectivity index (χ2v) is 9.63. The molecule has 33 heavy (non-hydrogen) atoms. The van der Waals surface area contributed by atoms with Crippen molar-refractivity contribution < 1.29 is 19.0 Å². The van der Waals surface area contributed by atoms with Gasteiger partial charge in [-0.2, -0.15) is 0 Å². The maximum atomic E-state index is 12.0. The number of ether oxygens (including phenoxy) is 3. The van der Waals surface area contributed by atoms with Gasteiger partial charge in [-0.3, -0.25) is 0 Å². The fourth-order valence-electron chi connectivity index (χ4n) is 5.18. The van der Waals surface area contributed by atoms with Crippen molar-refractivity contribution in [1.82, 2.24) is 0 Å². The molecule has 2 aromatic carbocycles. The van der Waals surface area contributed by atoms with Crippen LogP contribution in [0.25, 0.3) is 0 Å². The van der Waals surface area contributed by atoms with Gasteiger partial charge in [0, 0.05) is 11.5 Å². The van der Waals surface area contributed by atoms with Crippen molar-refractivity contribution in [2.24, 2.45) is 5.92 Å². The molecule has 1 aliphatic carbocycles. The topological polar surface area (TPSA) is 44.8 Å². The van der Waals surface area contributed by atoms with Crippen LogP contribution in [0.1, 0.15) is 104 Å². The van der Waals surface area contributed by atoms with Gasteiger partial charge < -0.3 is 14.2 Å². The zero-order valence-corrected chi connectivity index (χ0v) is 20.1. The minimum atomic E-state index is -0.389. The molecular formula is C29H38O4. The fourth-order valence-corrected chi connectivity index (χ4v) is 5.18. The third-order valence-electron chi connectivity index (χ3n) is 7.18. The molecule has 4 nitrogen and oxygen atoms in total. The molecule has 0 atom stereocenters. The molecule has 1 aliphatic heterocycles. The van der Waals surface area contributed by atoms with Gasteiger partial charge in [0.1, 0.15) is 0 Å². The highest BCUT2D eigenvalue weighted by Gasteiger charge is 2.26. The molecule has 178 valence electrons. The summed E-state index contributed by atoms with van der Waals surface area (Å²) in [4.78, 5) is 12.0. The van der Waals surface area contributed by atoms with E-state index in [4.69, 9.17) is 14.2 Å². The van der Waals surface area contributed by atoms with E-state index >= 15 is 0 Å². The Morgan fingerprint density at radius 3 is 1.94 bits per heavy atom. The molecule has 0 unspecified atom stereocenters. The van der Waals surface area contributed by atoms with Crippen LogP contribution in [0.15, 0.2) is 48.5 Å². The molecule has 0 spiro atoms. The summed E-state index contributed by atoms with van der Waals surface area (Å²) in [6.45, 7) is 5.99. The second-order valence-electron chi connectivity index (χ2n) is 9.63. The van der Waals surface area contributed by atoms with Crippen molar-refractivity contribution >= 4 is 5.97 Å². The molecule has 0 amide bonds. The molecule has 2 fully saturated rings. The predicted octanol–water partition coefficient (Wildman–Crippen LogP) is 7.16. The van der Waals surface area contributed by atoms with Crippen LogP contribution in [0.5, 0.6) is 0 Å². The monoisotopic (exact) mass is 450 g/mol. The van der Waals surface area contributed by atoms with Crippen molar-refractivity contribution in [1.29, 1.82) is 0 Å². The third-order valence-corrected chi connectivity index (χ3v) is 7.18. The summed E-state index contributed by atoms with van der Waals surface area (Å²) >= 11 is 0. The Morgan fingerprint density at radius 2 is 1.36 bits per heavy atom. The first-order valence-electron chi connectivity index (χ1n) is 12.8. The highest BCUT2D eigenvalue weighted by Crippen LogP contribution is 2.38. The smallest absolute Gasteiger partial charge is 0.338 e. The van der Waals surface area contributed by atoms with Gasteiger partial charge in [-0.15, -0.1) is 0 Å². The summed E-state index contributed by atoms with van der Waals surface area (Å²) in [5, 5.41) is 0. The van der Waals surface area contributed by atoms with Crippen LogP contribution in [-0.4, -0.2) is 25.8 Å². The lowest BCUT2D eigenvalue weighted by molar-refractivity contribution is -0.191. The summed E-state index contributed by atoms with van der Waals surface area (Å²) in [6, 6.07) is 16.5. The van der Waals surface area contributed by atoms with Crippen LogP contribution in [0.3, 0.4) is 0 Å². The van der Waals surface area contributed by atoms with Gasteiger partial charge in [-0.1, -0.05) is 63.1 Å². The van der Waals surface area contributed by atoms with Gasteiger partial charge in [0.05, 0.1) is 25.4 Å². The molecule has 0 bridgehead atoms. The van der Waals surface area contributed by atoms with Gasteiger partial charge in [-0.05, 0) is 67.2 Å². The Hall–Kier alpha value is -2.17. The Morgan fingerprint density at radius 1 is 0.788 bits per heavy atom.